The third-order valence-electron chi connectivity index (χ3n) is 1.98. The lowest BCUT2D eigenvalue weighted by Gasteiger charge is -2.17. The van der Waals surface area contributed by atoms with Crippen LogP contribution in [-0.4, -0.2) is 26.6 Å². The van der Waals surface area contributed by atoms with Crippen molar-refractivity contribution < 1.29 is 18.3 Å². The van der Waals surface area contributed by atoms with E-state index < -0.39 is 17.0 Å². The average Bonchev–Trinajstić information content (AvgIpc) is 2.16. The number of esters is 1. The molecule has 0 aliphatic heterocycles. The molecule has 0 bridgehead atoms. The first-order valence-electron chi connectivity index (χ1n) is 4.89. The van der Waals surface area contributed by atoms with Gasteiger partial charge in [-0.15, -0.1) is 0 Å². The van der Waals surface area contributed by atoms with E-state index in [1.807, 2.05) is 6.92 Å². The predicted molar refractivity (Wildman–Crippen MR) is 58.0 cm³/mol. The van der Waals surface area contributed by atoms with E-state index in [1.165, 1.54) is 0 Å². The number of ether oxygens (including phenoxy) is 1. The van der Waals surface area contributed by atoms with E-state index in [0.717, 1.165) is 0 Å². The third kappa shape index (κ3) is 6.41. The van der Waals surface area contributed by atoms with E-state index in [9.17, 15) is 13.6 Å². The maximum absolute atomic E-state index is 10.9. The van der Waals surface area contributed by atoms with Crippen molar-refractivity contribution in [1.82, 2.24) is 0 Å². The molecular weight excluding hydrogens is 216 g/mol. The molecule has 2 unspecified atom stereocenters. The maximum atomic E-state index is 10.9. The van der Waals surface area contributed by atoms with Crippen molar-refractivity contribution in [3.8, 4) is 0 Å². The first-order chi connectivity index (χ1) is 6.99. The molecule has 4 nitrogen and oxygen atoms in total. The van der Waals surface area contributed by atoms with Crippen LogP contribution in [0.15, 0.2) is 12.2 Å². The van der Waals surface area contributed by atoms with E-state index in [2.05, 4.69) is 6.58 Å². The molecule has 0 aliphatic carbocycles. The minimum absolute atomic E-state index is 0.249. The van der Waals surface area contributed by atoms with Crippen LogP contribution in [0.4, 0.5) is 0 Å². The van der Waals surface area contributed by atoms with Crippen molar-refractivity contribution in [2.45, 2.75) is 38.4 Å². The zero-order valence-corrected chi connectivity index (χ0v) is 9.97. The number of carbonyl (C=O) groups is 1. The van der Waals surface area contributed by atoms with Gasteiger partial charge in [0, 0.05) is 10.8 Å². The van der Waals surface area contributed by atoms with E-state index in [4.69, 9.17) is 4.74 Å². The van der Waals surface area contributed by atoms with E-state index in [0.29, 0.717) is 24.8 Å². The molecule has 5 heteroatoms. The monoisotopic (exact) mass is 233 g/mol. The molecule has 0 aliphatic rings. The van der Waals surface area contributed by atoms with Gasteiger partial charge in [0.15, 0.2) is 0 Å². The highest BCUT2D eigenvalue weighted by atomic mass is 32.2. The highest BCUT2D eigenvalue weighted by molar-refractivity contribution is 7.79. The molecule has 0 fully saturated rings. The summed E-state index contributed by atoms with van der Waals surface area (Å²) in [7, 11) is 0. The highest BCUT2D eigenvalue weighted by Gasteiger charge is 2.07. The lowest BCUT2D eigenvalue weighted by atomic mass is 10.2. The molecule has 0 spiro atoms. The average molecular weight is 233 g/mol. The van der Waals surface area contributed by atoms with Crippen LogP contribution in [0.5, 0.6) is 0 Å². The Hall–Kier alpha value is -0.680. The lowest BCUT2D eigenvalue weighted by molar-refractivity contribution is -0.139. The first kappa shape index (κ1) is 14.3. The third-order valence-corrected chi connectivity index (χ3v) is 3.09. The minimum Gasteiger partial charge on any atom is -0.772 e. The van der Waals surface area contributed by atoms with Crippen LogP contribution >= 0.6 is 0 Å². The van der Waals surface area contributed by atoms with E-state index >= 15 is 0 Å². The fraction of sp³-hybridized carbons (Fsp3) is 0.700. The zero-order valence-electron chi connectivity index (χ0n) is 9.15. The molecule has 0 aromatic rings. The molecule has 0 aromatic heterocycles. The van der Waals surface area contributed by atoms with Crippen molar-refractivity contribution in [2.24, 2.45) is 0 Å². The molecule has 0 aromatic carbocycles. The fourth-order valence-corrected chi connectivity index (χ4v) is 1.67. The van der Waals surface area contributed by atoms with E-state index in [-0.39, 0.29) is 11.9 Å². The van der Waals surface area contributed by atoms with Gasteiger partial charge in [-0.05, 0) is 26.2 Å². The summed E-state index contributed by atoms with van der Waals surface area (Å²) in [5.41, 5.74) is 0.356. The molecule has 0 saturated heterocycles. The second-order valence-corrected chi connectivity index (χ2v) is 4.54. The van der Waals surface area contributed by atoms with Crippen LogP contribution < -0.4 is 0 Å². The van der Waals surface area contributed by atoms with Gasteiger partial charge in [-0.1, -0.05) is 24.6 Å². The van der Waals surface area contributed by atoms with Gasteiger partial charge in [-0.25, -0.2) is 4.79 Å². The SMILES string of the molecule is C=C(C)C(=O)OCCCC(CC)S(=O)[O-]. The Kier molecular flexibility index (Phi) is 7.25. The number of hydrogen-bond acceptors (Lipinski definition) is 4. The van der Waals surface area contributed by atoms with Gasteiger partial charge in [-0.3, -0.25) is 4.21 Å². The standard InChI is InChI=1S/C10H18O4S/c1-4-9(15(12)13)6-5-7-14-10(11)8(2)3/h9H,2,4-7H2,1,3H3,(H,12,13)/p-1. The molecule has 0 N–H and O–H groups in total. The Labute approximate surface area is 93.0 Å². The summed E-state index contributed by atoms with van der Waals surface area (Å²) in [5, 5.41) is -0.339. The summed E-state index contributed by atoms with van der Waals surface area (Å²) in [5.74, 6) is -0.425. The topological polar surface area (TPSA) is 66.4 Å². The summed E-state index contributed by atoms with van der Waals surface area (Å²) in [6, 6.07) is 0. The minimum atomic E-state index is -2.03. The van der Waals surface area contributed by atoms with Crippen LogP contribution in [0.1, 0.15) is 33.1 Å². The number of carbonyl (C=O) groups excluding carboxylic acids is 1. The smallest absolute Gasteiger partial charge is 0.333 e. The van der Waals surface area contributed by atoms with Gasteiger partial charge in [0.1, 0.15) is 0 Å². The summed E-state index contributed by atoms with van der Waals surface area (Å²) >= 11 is -2.03. The van der Waals surface area contributed by atoms with Gasteiger partial charge in [0.05, 0.1) is 6.61 Å². The number of rotatable bonds is 7. The van der Waals surface area contributed by atoms with Crippen molar-refractivity contribution in [1.29, 1.82) is 0 Å². The maximum Gasteiger partial charge on any atom is 0.333 e. The summed E-state index contributed by atoms with van der Waals surface area (Å²) in [4.78, 5) is 10.9. The molecular formula is C10H17O4S-. The summed E-state index contributed by atoms with van der Waals surface area (Å²) in [6.07, 6.45) is 1.67. The molecule has 0 radical (unpaired) electrons. The second kappa shape index (κ2) is 7.59. The quantitative estimate of drug-likeness (QED) is 0.289. The van der Waals surface area contributed by atoms with Crippen molar-refractivity contribution >= 4 is 17.0 Å². The Morgan fingerprint density at radius 2 is 2.20 bits per heavy atom. The number of hydrogen-bond donors (Lipinski definition) is 0. The van der Waals surface area contributed by atoms with Crippen LogP contribution in [-0.2, 0) is 20.6 Å². The Balaban J connectivity index is 3.66. The van der Waals surface area contributed by atoms with Crippen LogP contribution in [0, 0.1) is 0 Å². The molecule has 0 rings (SSSR count). The van der Waals surface area contributed by atoms with Gasteiger partial charge in [0.2, 0.25) is 0 Å². The summed E-state index contributed by atoms with van der Waals surface area (Å²) < 4.78 is 26.1. The molecule has 0 heterocycles. The lowest BCUT2D eigenvalue weighted by Crippen LogP contribution is -2.15. The molecule has 0 amide bonds. The van der Waals surface area contributed by atoms with E-state index in [1.54, 1.807) is 6.92 Å². The molecule has 2 atom stereocenters. The van der Waals surface area contributed by atoms with Crippen molar-refractivity contribution in [3.05, 3.63) is 12.2 Å². The van der Waals surface area contributed by atoms with Gasteiger partial charge >= 0.3 is 5.97 Å². The van der Waals surface area contributed by atoms with Crippen LogP contribution in [0.3, 0.4) is 0 Å². The van der Waals surface area contributed by atoms with Gasteiger partial charge < -0.3 is 9.29 Å². The van der Waals surface area contributed by atoms with Crippen molar-refractivity contribution in [3.63, 3.8) is 0 Å². The highest BCUT2D eigenvalue weighted by Crippen LogP contribution is 2.08. The molecule has 15 heavy (non-hydrogen) atoms. The largest absolute Gasteiger partial charge is 0.772 e. The Morgan fingerprint density at radius 3 is 2.60 bits per heavy atom. The molecule has 88 valence electrons. The van der Waals surface area contributed by atoms with Crippen LogP contribution in [0.25, 0.3) is 0 Å². The predicted octanol–water partition coefficient (Wildman–Crippen LogP) is 1.54. The Morgan fingerprint density at radius 1 is 1.60 bits per heavy atom. The zero-order chi connectivity index (χ0) is 11.8. The molecule has 0 saturated carbocycles. The van der Waals surface area contributed by atoms with Gasteiger partial charge in [0.25, 0.3) is 0 Å². The normalized spacial score (nSPS) is 14.3. The van der Waals surface area contributed by atoms with Gasteiger partial charge in [-0.2, -0.15) is 0 Å². The summed E-state index contributed by atoms with van der Waals surface area (Å²) in [6.45, 7) is 7.08. The second-order valence-electron chi connectivity index (χ2n) is 3.35. The fourth-order valence-electron chi connectivity index (χ4n) is 1.04. The first-order valence-corrected chi connectivity index (χ1v) is 6.03. The Bertz CT molecular complexity index is 250. The van der Waals surface area contributed by atoms with Crippen LogP contribution in [0.2, 0.25) is 0 Å². The van der Waals surface area contributed by atoms with Crippen molar-refractivity contribution in [2.75, 3.05) is 6.61 Å².